The zero-order valence-electron chi connectivity index (χ0n) is 11.5. The van der Waals surface area contributed by atoms with Gasteiger partial charge in [0.2, 0.25) is 0 Å². The Morgan fingerprint density at radius 2 is 2.16 bits per heavy atom. The zero-order valence-corrected chi connectivity index (χ0v) is 11.5. The Morgan fingerprint density at radius 3 is 2.79 bits per heavy atom. The Labute approximate surface area is 113 Å². The molecule has 1 heterocycles. The minimum Gasteiger partial charge on any atom is -0.379 e. The van der Waals surface area contributed by atoms with Crippen LogP contribution in [0.15, 0.2) is 12.1 Å². The van der Waals surface area contributed by atoms with Crippen LogP contribution >= 0.6 is 0 Å². The van der Waals surface area contributed by atoms with Crippen molar-refractivity contribution in [2.75, 3.05) is 25.0 Å². The SMILES string of the molecule is Cc1cc(NCC2CCCNC2)c([N+](=O)[O-])cc1C. The molecule has 1 saturated heterocycles. The summed E-state index contributed by atoms with van der Waals surface area (Å²) in [6.07, 6.45) is 2.36. The quantitative estimate of drug-likeness (QED) is 0.647. The van der Waals surface area contributed by atoms with E-state index in [1.54, 1.807) is 6.07 Å². The van der Waals surface area contributed by atoms with Crippen molar-refractivity contribution >= 4 is 11.4 Å². The van der Waals surface area contributed by atoms with Gasteiger partial charge in [-0.25, -0.2) is 0 Å². The topological polar surface area (TPSA) is 67.2 Å². The van der Waals surface area contributed by atoms with Gasteiger partial charge < -0.3 is 10.6 Å². The molecule has 104 valence electrons. The lowest BCUT2D eigenvalue weighted by atomic mass is 9.99. The van der Waals surface area contributed by atoms with E-state index in [1.807, 2.05) is 19.9 Å². The van der Waals surface area contributed by atoms with Gasteiger partial charge in [-0.2, -0.15) is 0 Å². The highest BCUT2D eigenvalue weighted by Gasteiger charge is 2.18. The second-order valence-electron chi connectivity index (χ2n) is 5.30. The highest BCUT2D eigenvalue weighted by molar-refractivity contribution is 5.64. The van der Waals surface area contributed by atoms with Gasteiger partial charge in [-0.15, -0.1) is 0 Å². The molecule has 0 aliphatic carbocycles. The predicted molar refractivity (Wildman–Crippen MR) is 76.7 cm³/mol. The zero-order chi connectivity index (χ0) is 13.8. The van der Waals surface area contributed by atoms with Crippen LogP contribution in [0.4, 0.5) is 11.4 Å². The largest absolute Gasteiger partial charge is 0.379 e. The van der Waals surface area contributed by atoms with Gasteiger partial charge in [-0.3, -0.25) is 10.1 Å². The Hall–Kier alpha value is -1.62. The van der Waals surface area contributed by atoms with Crippen molar-refractivity contribution in [3.8, 4) is 0 Å². The summed E-state index contributed by atoms with van der Waals surface area (Å²) in [6.45, 7) is 6.74. The monoisotopic (exact) mass is 263 g/mol. The Bertz CT molecular complexity index is 468. The van der Waals surface area contributed by atoms with Crippen LogP contribution in [0.2, 0.25) is 0 Å². The smallest absolute Gasteiger partial charge is 0.292 e. The molecule has 2 rings (SSSR count). The molecule has 1 fully saturated rings. The number of hydrogen-bond donors (Lipinski definition) is 2. The van der Waals surface area contributed by atoms with Crippen LogP contribution in [0.25, 0.3) is 0 Å². The summed E-state index contributed by atoms with van der Waals surface area (Å²) < 4.78 is 0. The molecule has 0 saturated carbocycles. The maximum Gasteiger partial charge on any atom is 0.292 e. The number of nitrogens with zero attached hydrogens (tertiary/aromatic N) is 1. The minimum atomic E-state index is -0.312. The second-order valence-corrected chi connectivity index (χ2v) is 5.30. The molecule has 1 unspecified atom stereocenters. The predicted octanol–water partition coefficient (Wildman–Crippen LogP) is 2.62. The van der Waals surface area contributed by atoms with Crippen LogP contribution in [-0.2, 0) is 0 Å². The van der Waals surface area contributed by atoms with Gasteiger partial charge in [0.25, 0.3) is 5.69 Å². The van der Waals surface area contributed by atoms with Crippen molar-refractivity contribution in [3.63, 3.8) is 0 Å². The maximum atomic E-state index is 11.1. The van der Waals surface area contributed by atoms with Crippen molar-refractivity contribution in [1.82, 2.24) is 5.32 Å². The summed E-state index contributed by atoms with van der Waals surface area (Å²) in [7, 11) is 0. The molecule has 2 N–H and O–H groups in total. The molecule has 1 atom stereocenters. The molecule has 0 amide bonds. The van der Waals surface area contributed by atoms with Gasteiger partial charge in [0.15, 0.2) is 0 Å². The summed E-state index contributed by atoms with van der Waals surface area (Å²) in [4.78, 5) is 10.8. The summed E-state index contributed by atoms with van der Waals surface area (Å²) in [5.41, 5.74) is 2.84. The molecule has 19 heavy (non-hydrogen) atoms. The molecule has 1 aromatic carbocycles. The standard InChI is InChI=1S/C14H21N3O2/c1-10-6-13(14(17(18)19)7-11(10)2)16-9-12-4-3-5-15-8-12/h6-7,12,15-16H,3-5,8-9H2,1-2H3. The van der Waals surface area contributed by atoms with E-state index in [2.05, 4.69) is 10.6 Å². The van der Waals surface area contributed by atoms with E-state index in [0.29, 0.717) is 11.6 Å². The normalized spacial score (nSPS) is 19.2. The maximum absolute atomic E-state index is 11.1. The number of nitro groups is 1. The number of aryl methyl sites for hydroxylation is 2. The van der Waals surface area contributed by atoms with Crippen LogP contribution in [0, 0.1) is 29.9 Å². The molecule has 0 bridgehead atoms. The lowest BCUT2D eigenvalue weighted by molar-refractivity contribution is -0.384. The van der Waals surface area contributed by atoms with E-state index < -0.39 is 0 Å². The number of nitrogens with one attached hydrogen (secondary N) is 2. The molecule has 1 aliphatic heterocycles. The van der Waals surface area contributed by atoms with Crippen LogP contribution < -0.4 is 10.6 Å². The Morgan fingerprint density at radius 1 is 1.42 bits per heavy atom. The van der Waals surface area contributed by atoms with Crippen molar-refractivity contribution < 1.29 is 4.92 Å². The Balaban J connectivity index is 2.09. The van der Waals surface area contributed by atoms with Crippen LogP contribution in [0.5, 0.6) is 0 Å². The van der Waals surface area contributed by atoms with Crippen molar-refractivity contribution in [2.45, 2.75) is 26.7 Å². The van der Waals surface area contributed by atoms with Crippen molar-refractivity contribution in [3.05, 3.63) is 33.4 Å². The van der Waals surface area contributed by atoms with Gasteiger partial charge in [0, 0.05) is 12.6 Å². The fourth-order valence-electron chi connectivity index (χ4n) is 2.45. The first kappa shape index (κ1) is 13.8. The fraction of sp³-hybridized carbons (Fsp3) is 0.571. The van der Waals surface area contributed by atoms with Gasteiger partial charge >= 0.3 is 0 Å². The second kappa shape index (κ2) is 6.02. The average molecular weight is 263 g/mol. The molecule has 1 aromatic rings. The Kier molecular flexibility index (Phi) is 4.37. The van der Waals surface area contributed by atoms with Crippen molar-refractivity contribution in [1.29, 1.82) is 0 Å². The van der Waals surface area contributed by atoms with Gasteiger partial charge in [0.05, 0.1) is 4.92 Å². The van der Waals surface area contributed by atoms with Gasteiger partial charge in [-0.1, -0.05) is 0 Å². The first-order chi connectivity index (χ1) is 9.08. The number of hydrogen-bond acceptors (Lipinski definition) is 4. The minimum absolute atomic E-state index is 0.173. The fourth-order valence-corrected chi connectivity index (χ4v) is 2.45. The van der Waals surface area contributed by atoms with E-state index >= 15 is 0 Å². The molecule has 0 radical (unpaired) electrons. The van der Waals surface area contributed by atoms with Crippen LogP contribution in [0.3, 0.4) is 0 Å². The number of rotatable bonds is 4. The van der Waals surface area contributed by atoms with E-state index in [1.165, 1.54) is 12.8 Å². The number of benzene rings is 1. The van der Waals surface area contributed by atoms with E-state index in [-0.39, 0.29) is 10.6 Å². The number of nitro benzene ring substituents is 1. The summed E-state index contributed by atoms with van der Waals surface area (Å²) in [5.74, 6) is 0.551. The van der Waals surface area contributed by atoms with E-state index in [4.69, 9.17) is 0 Å². The highest BCUT2D eigenvalue weighted by Crippen LogP contribution is 2.28. The molecule has 0 spiro atoms. The third-order valence-corrected chi connectivity index (χ3v) is 3.79. The summed E-state index contributed by atoms with van der Waals surface area (Å²) >= 11 is 0. The third kappa shape index (κ3) is 3.44. The van der Waals surface area contributed by atoms with Crippen LogP contribution in [0.1, 0.15) is 24.0 Å². The van der Waals surface area contributed by atoms with Crippen LogP contribution in [-0.4, -0.2) is 24.6 Å². The summed E-state index contributed by atoms with van der Waals surface area (Å²) in [6, 6.07) is 3.53. The average Bonchev–Trinajstić information content (AvgIpc) is 2.40. The molecular formula is C14H21N3O2. The highest BCUT2D eigenvalue weighted by atomic mass is 16.6. The lowest BCUT2D eigenvalue weighted by Gasteiger charge is -2.23. The number of piperidine rings is 1. The van der Waals surface area contributed by atoms with Crippen molar-refractivity contribution in [2.24, 2.45) is 5.92 Å². The van der Waals surface area contributed by atoms with E-state index in [9.17, 15) is 10.1 Å². The molecule has 1 aliphatic rings. The van der Waals surface area contributed by atoms with Gasteiger partial charge in [-0.05, 0) is 62.9 Å². The molecule has 5 nitrogen and oxygen atoms in total. The van der Waals surface area contributed by atoms with Gasteiger partial charge in [0.1, 0.15) is 5.69 Å². The first-order valence-electron chi connectivity index (χ1n) is 6.78. The third-order valence-electron chi connectivity index (χ3n) is 3.79. The van der Waals surface area contributed by atoms with E-state index in [0.717, 1.165) is 30.8 Å². The summed E-state index contributed by atoms with van der Waals surface area (Å²) in [5, 5.41) is 17.7. The lowest BCUT2D eigenvalue weighted by Crippen LogP contribution is -2.33. The molecule has 0 aromatic heterocycles. The molecule has 5 heteroatoms. The number of anilines is 1. The molecular weight excluding hydrogens is 242 g/mol. The first-order valence-corrected chi connectivity index (χ1v) is 6.78.